The van der Waals surface area contributed by atoms with Crippen molar-refractivity contribution in [1.82, 2.24) is 9.62 Å². The van der Waals surface area contributed by atoms with Gasteiger partial charge in [-0.15, -0.1) is 0 Å². The van der Waals surface area contributed by atoms with Gasteiger partial charge in [-0.05, 0) is 37.9 Å². The topological polar surface area (TPSA) is 111 Å². The Morgan fingerprint density at radius 1 is 1.30 bits per heavy atom. The van der Waals surface area contributed by atoms with Crippen molar-refractivity contribution in [3.05, 3.63) is 18.2 Å². The lowest BCUT2D eigenvalue weighted by molar-refractivity contribution is -0.131. The molecule has 3 N–H and O–H groups in total. The van der Waals surface area contributed by atoms with Crippen molar-refractivity contribution in [1.29, 1.82) is 0 Å². The van der Waals surface area contributed by atoms with Crippen LogP contribution in [0, 0.1) is 5.92 Å². The zero-order valence-corrected chi connectivity index (χ0v) is 16.3. The first-order valence-electron chi connectivity index (χ1n) is 9.29. The van der Waals surface area contributed by atoms with Crippen LogP contribution in [0.15, 0.2) is 23.1 Å². The van der Waals surface area contributed by atoms with Crippen LogP contribution in [0.5, 0.6) is 11.5 Å². The highest BCUT2D eigenvalue weighted by atomic mass is 32.2. The van der Waals surface area contributed by atoms with Crippen LogP contribution in [0.25, 0.3) is 0 Å². The van der Waals surface area contributed by atoms with E-state index in [2.05, 4.69) is 4.72 Å². The molecule has 1 amide bonds. The monoisotopic (exact) mass is 397 g/mol. The summed E-state index contributed by atoms with van der Waals surface area (Å²) in [6, 6.07) is 4.68. The number of nitrogens with two attached hydrogens (primary N) is 1. The second-order valence-electron chi connectivity index (χ2n) is 7.04. The lowest BCUT2D eigenvalue weighted by atomic mass is 10.1. The molecular weight excluding hydrogens is 370 g/mol. The molecule has 1 saturated heterocycles. The predicted octanol–water partition coefficient (Wildman–Crippen LogP) is 0.712. The minimum Gasteiger partial charge on any atom is -0.490 e. The number of carbonyl (C=O) groups excluding carboxylic acids is 1. The van der Waals surface area contributed by atoms with Crippen LogP contribution < -0.4 is 19.9 Å². The molecule has 0 spiro atoms. The summed E-state index contributed by atoms with van der Waals surface area (Å²) in [6.45, 7) is 4.27. The summed E-state index contributed by atoms with van der Waals surface area (Å²) in [6.07, 6.45) is 1.76. The Kier molecular flexibility index (Phi) is 6.23. The minimum atomic E-state index is -3.73. The van der Waals surface area contributed by atoms with Gasteiger partial charge in [0.05, 0.1) is 18.1 Å². The van der Waals surface area contributed by atoms with Crippen LogP contribution in [0.3, 0.4) is 0 Å². The van der Waals surface area contributed by atoms with Gasteiger partial charge in [0.15, 0.2) is 11.5 Å². The molecule has 2 heterocycles. The van der Waals surface area contributed by atoms with Gasteiger partial charge < -0.3 is 20.1 Å². The zero-order valence-electron chi connectivity index (χ0n) is 15.5. The van der Waals surface area contributed by atoms with Gasteiger partial charge in [0.1, 0.15) is 0 Å². The SMILES string of the molecule is CC1CC(CN)CN1C(=O)CCNS(=O)(=O)c1ccc2c(c1)OCCCO2. The minimum absolute atomic E-state index is 0.0477. The van der Waals surface area contributed by atoms with Gasteiger partial charge in [-0.2, -0.15) is 0 Å². The molecular formula is C18H27N3O5S. The molecule has 8 nitrogen and oxygen atoms in total. The fraction of sp³-hybridized carbons (Fsp3) is 0.611. The highest BCUT2D eigenvalue weighted by molar-refractivity contribution is 7.89. The molecule has 2 unspecified atom stereocenters. The van der Waals surface area contributed by atoms with E-state index >= 15 is 0 Å². The number of sulfonamides is 1. The first-order chi connectivity index (χ1) is 12.9. The number of ether oxygens (including phenoxy) is 2. The maximum absolute atomic E-state index is 12.5. The molecule has 2 atom stereocenters. The van der Waals surface area contributed by atoms with Crippen LogP contribution in [0.4, 0.5) is 0 Å². The Labute approximate surface area is 160 Å². The van der Waals surface area contributed by atoms with Crippen molar-refractivity contribution in [2.75, 3.05) is 32.8 Å². The van der Waals surface area contributed by atoms with Gasteiger partial charge in [0.2, 0.25) is 15.9 Å². The Hall–Kier alpha value is -1.84. The molecule has 1 fully saturated rings. The average Bonchev–Trinajstić information content (AvgIpc) is 2.87. The van der Waals surface area contributed by atoms with E-state index in [1.165, 1.54) is 12.1 Å². The molecule has 9 heteroatoms. The van der Waals surface area contributed by atoms with Crippen molar-refractivity contribution in [3.8, 4) is 11.5 Å². The number of likely N-dealkylation sites (tertiary alicyclic amines) is 1. The predicted molar refractivity (Wildman–Crippen MR) is 100 cm³/mol. The van der Waals surface area contributed by atoms with Crippen molar-refractivity contribution in [2.45, 2.75) is 37.1 Å². The van der Waals surface area contributed by atoms with E-state index < -0.39 is 10.0 Å². The van der Waals surface area contributed by atoms with Crippen LogP contribution in [-0.2, 0) is 14.8 Å². The van der Waals surface area contributed by atoms with Gasteiger partial charge in [0, 0.05) is 38.0 Å². The van der Waals surface area contributed by atoms with Crippen molar-refractivity contribution in [3.63, 3.8) is 0 Å². The van der Waals surface area contributed by atoms with Crippen LogP contribution in [0.2, 0.25) is 0 Å². The zero-order chi connectivity index (χ0) is 19.4. The van der Waals surface area contributed by atoms with Crippen molar-refractivity contribution in [2.24, 2.45) is 11.7 Å². The Balaban J connectivity index is 1.57. The summed E-state index contributed by atoms with van der Waals surface area (Å²) in [5, 5.41) is 0. The summed E-state index contributed by atoms with van der Waals surface area (Å²) in [4.78, 5) is 14.3. The molecule has 1 aromatic rings. The van der Waals surface area contributed by atoms with Gasteiger partial charge >= 0.3 is 0 Å². The normalized spacial score (nSPS) is 22.5. The number of nitrogens with one attached hydrogen (secondary N) is 1. The highest BCUT2D eigenvalue weighted by Crippen LogP contribution is 2.31. The quantitative estimate of drug-likeness (QED) is 0.731. The summed E-state index contributed by atoms with van der Waals surface area (Å²) in [7, 11) is -3.73. The molecule has 0 aromatic heterocycles. The molecule has 0 aliphatic carbocycles. The van der Waals surface area contributed by atoms with Gasteiger partial charge in [0.25, 0.3) is 0 Å². The lowest BCUT2D eigenvalue weighted by Gasteiger charge is -2.21. The molecule has 27 heavy (non-hydrogen) atoms. The molecule has 0 saturated carbocycles. The third kappa shape index (κ3) is 4.72. The standard InChI is InChI=1S/C18H27N3O5S/c1-13-9-14(11-19)12-21(13)18(22)5-6-20-27(23,24)15-3-4-16-17(10-15)26-8-2-7-25-16/h3-4,10,13-14,20H,2,5-9,11-12,19H2,1H3. The van der Waals surface area contributed by atoms with E-state index in [-0.39, 0.29) is 29.8 Å². The molecule has 150 valence electrons. The number of rotatable bonds is 6. The fourth-order valence-corrected chi connectivity index (χ4v) is 4.54. The van der Waals surface area contributed by atoms with Gasteiger partial charge in [-0.1, -0.05) is 0 Å². The van der Waals surface area contributed by atoms with E-state index in [1.54, 1.807) is 11.0 Å². The van der Waals surface area contributed by atoms with Crippen LogP contribution >= 0.6 is 0 Å². The molecule has 1 aromatic carbocycles. The van der Waals surface area contributed by atoms with Gasteiger partial charge in [-0.3, -0.25) is 4.79 Å². The number of amides is 1. The number of hydrogen-bond donors (Lipinski definition) is 2. The number of fused-ring (bicyclic) bond motifs is 1. The smallest absolute Gasteiger partial charge is 0.240 e. The first-order valence-corrected chi connectivity index (χ1v) is 10.8. The highest BCUT2D eigenvalue weighted by Gasteiger charge is 2.31. The number of carbonyl (C=O) groups is 1. The Morgan fingerprint density at radius 2 is 2.04 bits per heavy atom. The maximum atomic E-state index is 12.5. The Bertz CT molecular complexity index is 783. The summed E-state index contributed by atoms with van der Waals surface area (Å²) >= 11 is 0. The molecule has 0 radical (unpaired) electrons. The van der Waals surface area contributed by atoms with E-state index in [0.29, 0.717) is 43.7 Å². The number of nitrogens with zero attached hydrogens (tertiary/aromatic N) is 1. The average molecular weight is 397 g/mol. The summed E-state index contributed by atoms with van der Waals surface area (Å²) in [5.41, 5.74) is 5.69. The number of benzene rings is 1. The molecule has 0 bridgehead atoms. The third-order valence-corrected chi connectivity index (χ3v) is 6.43. The van der Waals surface area contributed by atoms with Crippen molar-refractivity contribution < 1.29 is 22.7 Å². The second-order valence-corrected chi connectivity index (χ2v) is 8.81. The lowest BCUT2D eigenvalue weighted by Crippen LogP contribution is -2.37. The third-order valence-electron chi connectivity index (χ3n) is 4.98. The van der Waals surface area contributed by atoms with Gasteiger partial charge in [-0.25, -0.2) is 13.1 Å². The molecule has 2 aliphatic heterocycles. The molecule has 3 rings (SSSR count). The first kappa shape index (κ1) is 19.9. The van der Waals surface area contributed by atoms with E-state index in [1.807, 2.05) is 6.92 Å². The molecule has 2 aliphatic rings. The number of hydrogen-bond acceptors (Lipinski definition) is 6. The van der Waals surface area contributed by atoms with Crippen LogP contribution in [0.1, 0.15) is 26.2 Å². The largest absolute Gasteiger partial charge is 0.490 e. The summed E-state index contributed by atoms with van der Waals surface area (Å²) in [5.74, 6) is 1.23. The second kappa shape index (κ2) is 8.45. The van der Waals surface area contributed by atoms with Crippen LogP contribution in [-0.4, -0.2) is 58.1 Å². The summed E-state index contributed by atoms with van der Waals surface area (Å²) < 4.78 is 38.6. The van der Waals surface area contributed by atoms with Crippen molar-refractivity contribution >= 4 is 15.9 Å². The fourth-order valence-electron chi connectivity index (χ4n) is 3.49. The Morgan fingerprint density at radius 3 is 2.74 bits per heavy atom. The van der Waals surface area contributed by atoms with E-state index in [4.69, 9.17) is 15.2 Å². The van der Waals surface area contributed by atoms with E-state index in [0.717, 1.165) is 12.8 Å². The van der Waals surface area contributed by atoms with E-state index in [9.17, 15) is 13.2 Å². The maximum Gasteiger partial charge on any atom is 0.240 e.